The summed E-state index contributed by atoms with van der Waals surface area (Å²) in [6.07, 6.45) is 2.30. The Morgan fingerprint density at radius 2 is 2.30 bits per heavy atom. The van der Waals surface area contributed by atoms with E-state index in [1.165, 1.54) is 6.26 Å². The smallest absolute Gasteiger partial charge is 0.147 e. The van der Waals surface area contributed by atoms with E-state index in [4.69, 9.17) is 0 Å². The molecular weight excluding hydrogens is 150 g/mol. The first kappa shape index (κ1) is 8.01. The second kappa shape index (κ2) is 2.88. The molecule has 1 aliphatic rings. The molecular formula is C6H13NO2S. The summed E-state index contributed by atoms with van der Waals surface area (Å²) in [5.41, 5.74) is 0. The van der Waals surface area contributed by atoms with Crippen molar-refractivity contribution in [2.75, 3.05) is 25.1 Å². The number of rotatable bonds is 2. The highest BCUT2D eigenvalue weighted by atomic mass is 32.2. The lowest BCUT2D eigenvalue weighted by Gasteiger charge is -2.03. The fourth-order valence-corrected chi connectivity index (χ4v) is 2.43. The van der Waals surface area contributed by atoms with Crippen LogP contribution < -0.4 is 5.32 Å². The van der Waals surface area contributed by atoms with Gasteiger partial charge in [-0.3, -0.25) is 0 Å². The van der Waals surface area contributed by atoms with Gasteiger partial charge in [-0.15, -0.1) is 0 Å². The lowest BCUT2D eigenvalue weighted by atomic mass is 10.2. The molecule has 1 aliphatic heterocycles. The molecule has 10 heavy (non-hydrogen) atoms. The Morgan fingerprint density at radius 1 is 1.60 bits per heavy atom. The summed E-state index contributed by atoms with van der Waals surface area (Å²) in [7, 11) is -2.75. The van der Waals surface area contributed by atoms with Gasteiger partial charge >= 0.3 is 0 Å². The SMILES string of the molecule is CS(=O)(=O)C[C@@H]1CCNC1. The zero-order valence-corrected chi connectivity index (χ0v) is 6.95. The molecule has 1 rings (SSSR count). The topological polar surface area (TPSA) is 46.2 Å². The molecule has 0 aromatic heterocycles. The Morgan fingerprint density at radius 3 is 2.70 bits per heavy atom. The van der Waals surface area contributed by atoms with E-state index in [1.807, 2.05) is 0 Å². The van der Waals surface area contributed by atoms with Gasteiger partial charge in [0.1, 0.15) is 9.84 Å². The minimum Gasteiger partial charge on any atom is -0.316 e. The van der Waals surface area contributed by atoms with E-state index in [1.54, 1.807) is 0 Å². The maximum atomic E-state index is 10.8. The molecule has 1 fully saturated rings. The molecule has 3 nitrogen and oxygen atoms in total. The first-order valence-corrected chi connectivity index (χ1v) is 5.52. The van der Waals surface area contributed by atoms with Gasteiger partial charge in [0.2, 0.25) is 0 Å². The quantitative estimate of drug-likeness (QED) is 0.604. The van der Waals surface area contributed by atoms with Crippen LogP contribution in [0.15, 0.2) is 0 Å². The summed E-state index contributed by atoms with van der Waals surface area (Å²) in [4.78, 5) is 0. The highest BCUT2D eigenvalue weighted by Gasteiger charge is 2.18. The van der Waals surface area contributed by atoms with Crippen LogP contribution in [0.3, 0.4) is 0 Å². The van der Waals surface area contributed by atoms with Crippen molar-refractivity contribution in [3.63, 3.8) is 0 Å². The third kappa shape index (κ3) is 2.66. The Balaban J connectivity index is 2.38. The van der Waals surface area contributed by atoms with Crippen LogP contribution in [0.4, 0.5) is 0 Å². The molecule has 0 amide bonds. The van der Waals surface area contributed by atoms with E-state index in [0.29, 0.717) is 11.7 Å². The van der Waals surface area contributed by atoms with Gasteiger partial charge in [-0.05, 0) is 25.4 Å². The maximum absolute atomic E-state index is 10.8. The zero-order chi connectivity index (χ0) is 7.61. The number of hydrogen-bond acceptors (Lipinski definition) is 3. The molecule has 1 N–H and O–H groups in total. The van der Waals surface area contributed by atoms with Crippen LogP contribution in [0.1, 0.15) is 6.42 Å². The average Bonchev–Trinajstić information content (AvgIpc) is 2.12. The highest BCUT2D eigenvalue weighted by molar-refractivity contribution is 7.90. The van der Waals surface area contributed by atoms with Crippen LogP contribution in [0.2, 0.25) is 0 Å². The lowest BCUT2D eigenvalue weighted by Crippen LogP contribution is -2.17. The van der Waals surface area contributed by atoms with Crippen molar-refractivity contribution < 1.29 is 8.42 Å². The largest absolute Gasteiger partial charge is 0.316 e. The summed E-state index contributed by atoms with van der Waals surface area (Å²) in [5.74, 6) is 0.704. The number of hydrogen-bond donors (Lipinski definition) is 1. The third-order valence-electron chi connectivity index (χ3n) is 1.70. The van der Waals surface area contributed by atoms with Gasteiger partial charge in [-0.1, -0.05) is 0 Å². The fraction of sp³-hybridized carbons (Fsp3) is 1.00. The molecule has 1 atom stereocenters. The predicted octanol–water partition coefficient (Wildman–Crippen LogP) is -0.359. The van der Waals surface area contributed by atoms with Crippen LogP contribution in [0.5, 0.6) is 0 Å². The second-order valence-corrected chi connectivity index (χ2v) is 5.14. The fourth-order valence-electron chi connectivity index (χ4n) is 1.28. The van der Waals surface area contributed by atoms with Crippen molar-refractivity contribution in [3.8, 4) is 0 Å². The predicted molar refractivity (Wildman–Crippen MR) is 40.7 cm³/mol. The van der Waals surface area contributed by atoms with E-state index in [9.17, 15) is 8.42 Å². The first-order chi connectivity index (χ1) is 4.58. The van der Waals surface area contributed by atoms with Gasteiger partial charge in [0, 0.05) is 6.26 Å². The van der Waals surface area contributed by atoms with E-state index in [-0.39, 0.29) is 0 Å². The highest BCUT2D eigenvalue weighted by Crippen LogP contribution is 2.09. The van der Waals surface area contributed by atoms with Crippen molar-refractivity contribution in [1.29, 1.82) is 0 Å². The molecule has 1 saturated heterocycles. The summed E-state index contributed by atoms with van der Waals surface area (Å²) in [6.45, 7) is 1.84. The van der Waals surface area contributed by atoms with Gasteiger partial charge in [-0.2, -0.15) is 0 Å². The van der Waals surface area contributed by atoms with Crippen LogP contribution in [0, 0.1) is 5.92 Å². The number of nitrogens with one attached hydrogen (secondary N) is 1. The molecule has 0 radical (unpaired) electrons. The normalized spacial score (nSPS) is 27.1. The lowest BCUT2D eigenvalue weighted by molar-refractivity contribution is 0.576. The molecule has 0 spiro atoms. The van der Waals surface area contributed by atoms with Gasteiger partial charge in [0.05, 0.1) is 5.75 Å². The second-order valence-electron chi connectivity index (χ2n) is 2.95. The van der Waals surface area contributed by atoms with Crippen LogP contribution in [-0.4, -0.2) is 33.5 Å². The summed E-state index contributed by atoms with van der Waals surface area (Å²) in [6, 6.07) is 0. The van der Waals surface area contributed by atoms with E-state index in [2.05, 4.69) is 5.32 Å². The minimum absolute atomic E-state index is 0.347. The summed E-state index contributed by atoms with van der Waals surface area (Å²) >= 11 is 0. The molecule has 60 valence electrons. The van der Waals surface area contributed by atoms with Crippen LogP contribution in [0.25, 0.3) is 0 Å². The first-order valence-electron chi connectivity index (χ1n) is 3.46. The molecule has 0 saturated carbocycles. The van der Waals surface area contributed by atoms with E-state index >= 15 is 0 Å². The van der Waals surface area contributed by atoms with E-state index in [0.717, 1.165) is 19.5 Å². The Labute approximate surface area is 61.7 Å². The molecule has 0 bridgehead atoms. The summed E-state index contributed by atoms with van der Waals surface area (Å²) < 4.78 is 21.5. The Kier molecular flexibility index (Phi) is 2.31. The van der Waals surface area contributed by atoms with Crippen molar-refractivity contribution in [2.24, 2.45) is 5.92 Å². The third-order valence-corrected chi connectivity index (χ3v) is 2.78. The molecule has 0 unspecified atom stereocenters. The van der Waals surface area contributed by atoms with Gasteiger partial charge in [0.15, 0.2) is 0 Å². The average molecular weight is 163 g/mol. The van der Waals surface area contributed by atoms with Gasteiger partial charge in [-0.25, -0.2) is 8.42 Å². The van der Waals surface area contributed by atoms with Gasteiger partial charge < -0.3 is 5.32 Å². The summed E-state index contributed by atoms with van der Waals surface area (Å²) in [5, 5.41) is 3.13. The molecule has 1 heterocycles. The van der Waals surface area contributed by atoms with Crippen LogP contribution >= 0.6 is 0 Å². The number of sulfone groups is 1. The van der Waals surface area contributed by atoms with E-state index < -0.39 is 9.84 Å². The molecule has 0 aromatic carbocycles. The van der Waals surface area contributed by atoms with Crippen molar-refractivity contribution in [3.05, 3.63) is 0 Å². The molecule has 0 aromatic rings. The molecule has 0 aliphatic carbocycles. The Hall–Kier alpha value is -0.0900. The standard InChI is InChI=1S/C6H13NO2S/c1-10(8,9)5-6-2-3-7-4-6/h6-7H,2-5H2,1H3/t6-/m1/s1. The van der Waals surface area contributed by atoms with Crippen LogP contribution in [-0.2, 0) is 9.84 Å². The van der Waals surface area contributed by atoms with Crippen molar-refractivity contribution >= 4 is 9.84 Å². The molecule has 4 heteroatoms. The Bertz CT molecular complexity index is 192. The monoisotopic (exact) mass is 163 g/mol. The van der Waals surface area contributed by atoms with Crippen molar-refractivity contribution in [2.45, 2.75) is 6.42 Å². The minimum atomic E-state index is -2.75. The zero-order valence-electron chi connectivity index (χ0n) is 6.13. The van der Waals surface area contributed by atoms with Crippen molar-refractivity contribution in [1.82, 2.24) is 5.32 Å². The van der Waals surface area contributed by atoms with Gasteiger partial charge in [0.25, 0.3) is 0 Å². The maximum Gasteiger partial charge on any atom is 0.147 e.